The van der Waals surface area contributed by atoms with Gasteiger partial charge in [-0.05, 0) is 30.2 Å². The number of nitrogens with one attached hydrogen (secondary N) is 2. The molecule has 1 rings (SSSR count). The van der Waals surface area contributed by atoms with Crippen LogP contribution in [0.3, 0.4) is 0 Å². The molecule has 0 aliphatic rings. The van der Waals surface area contributed by atoms with Crippen LogP contribution in [0.5, 0.6) is 0 Å². The molecule has 1 aromatic carbocycles. The van der Waals surface area contributed by atoms with Crippen LogP contribution in [-0.4, -0.2) is 11.8 Å². The second-order valence-electron chi connectivity index (χ2n) is 3.67. The number of halogens is 1. The molecule has 0 saturated carbocycles. The molecule has 0 unspecified atom stereocenters. The third kappa shape index (κ3) is 5.50. The van der Waals surface area contributed by atoms with Crippen molar-refractivity contribution in [3.8, 4) is 0 Å². The molecule has 0 bridgehead atoms. The first-order valence-electron chi connectivity index (χ1n) is 5.64. The molecule has 0 saturated heterocycles. The number of hydrazine groups is 1. The van der Waals surface area contributed by atoms with Gasteiger partial charge in [-0.1, -0.05) is 30.7 Å². The number of benzene rings is 1. The molecular formula is C13H15ClN2O2. The minimum atomic E-state index is -0.380. The Morgan fingerprint density at radius 1 is 1.22 bits per heavy atom. The Bertz CT molecular complexity index is 441. The average Bonchev–Trinajstić information content (AvgIpc) is 2.36. The lowest BCUT2D eigenvalue weighted by atomic mass is 10.2. The summed E-state index contributed by atoms with van der Waals surface area (Å²) in [5, 5.41) is 0.642. The van der Waals surface area contributed by atoms with Gasteiger partial charge in [-0.2, -0.15) is 0 Å². The molecule has 1 aromatic rings. The summed E-state index contributed by atoms with van der Waals surface area (Å²) in [6, 6.07) is 7.06. The highest BCUT2D eigenvalue weighted by Gasteiger charge is 1.99. The van der Waals surface area contributed by atoms with E-state index in [9.17, 15) is 9.59 Å². The van der Waals surface area contributed by atoms with Crippen LogP contribution in [0.1, 0.15) is 25.3 Å². The molecule has 0 aliphatic heterocycles. The van der Waals surface area contributed by atoms with E-state index in [0.29, 0.717) is 11.4 Å². The topological polar surface area (TPSA) is 58.2 Å². The van der Waals surface area contributed by atoms with Crippen LogP contribution in [0, 0.1) is 0 Å². The number of hydrogen-bond acceptors (Lipinski definition) is 2. The fourth-order valence-electron chi connectivity index (χ4n) is 1.21. The second-order valence-corrected chi connectivity index (χ2v) is 4.11. The van der Waals surface area contributed by atoms with E-state index < -0.39 is 0 Å². The van der Waals surface area contributed by atoms with Crippen molar-refractivity contribution in [3.63, 3.8) is 0 Å². The van der Waals surface area contributed by atoms with Gasteiger partial charge in [-0.15, -0.1) is 0 Å². The molecule has 2 N–H and O–H groups in total. The van der Waals surface area contributed by atoms with E-state index in [1.807, 2.05) is 6.92 Å². The van der Waals surface area contributed by atoms with Crippen LogP contribution in [0.25, 0.3) is 6.08 Å². The number of carbonyl (C=O) groups is 2. The number of carbonyl (C=O) groups excluding carboxylic acids is 2. The normalized spacial score (nSPS) is 10.3. The van der Waals surface area contributed by atoms with Crippen molar-refractivity contribution >= 4 is 29.5 Å². The Labute approximate surface area is 111 Å². The summed E-state index contributed by atoms with van der Waals surface area (Å²) < 4.78 is 0. The average molecular weight is 267 g/mol. The minimum Gasteiger partial charge on any atom is -0.273 e. The van der Waals surface area contributed by atoms with Gasteiger partial charge in [0.1, 0.15) is 0 Å². The van der Waals surface area contributed by atoms with Crippen LogP contribution < -0.4 is 10.9 Å². The van der Waals surface area contributed by atoms with E-state index in [2.05, 4.69) is 10.9 Å². The van der Waals surface area contributed by atoms with Crippen LogP contribution in [0.4, 0.5) is 0 Å². The molecule has 0 heterocycles. The molecule has 0 aliphatic carbocycles. The van der Waals surface area contributed by atoms with Crippen molar-refractivity contribution in [1.29, 1.82) is 0 Å². The lowest BCUT2D eigenvalue weighted by Crippen LogP contribution is -2.40. The van der Waals surface area contributed by atoms with Crippen molar-refractivity contribution in [3.05, 3.63) is 40.9 Å². The van der Waals surface area contributed by atoms with E-state index >= 15 is 0 Å². The predicted octanol–water partition coefficient (Wildman–Crippen LogP) is 2.30. The summed E-state index contributed by atoms with van der Waals surface area (Å²) in [4.78, 5) is 22.4. The molecule has 18 heavy (non-hydrogen) atoms. The Balaban J connectivity index is 2.40. The van der Waals surface area contributed by atoms with Crippen LogP contribution in [-0.2, 0) is 9.59 Å². The summed E-state index contributed by atoms with van der Waals surface area (Å²) >= 11 is 5.74. The van der Waals surface area contributed by atoms with E-state index in [4.69, 9.17) is 11.6 Å². The van der Waals surface area contributed by atoms with Gasteiger partial charge in [-0.25, -0.2) is 0 Å². The maximum absolute atomic E-state index is 11.4. The highest BCUT2D eigenvalue weighted by atomic mass is 35.5. The number of amides is 2. The van der Waals surface area contributed by atoms with Crippen molar-refractivity contribution in [1.82, 2.24) is 10.9 Å². The van der Waals surface area contributed by atoms with E-state index in [1.165, 1.54) is 6.08 Å². The van der Waals surface area contributed by atoms with Gasteiger partial charge >= 0.3 is 0 Å². The zero-order chi connectivity index (χ0) is 13.4. The van der Waals surface area contributed by atoms with Crippen molar-refractivity contribution in [2.24, 2.45) is 0 Å². The molecule has 0 radical (unpaired) electrons. The van der Waals surface area contributed by atoms with Gasteiger partial charge in [-0.3, -0.25) is 20.4 Å². The second kappa shape index (κ2) is 7.50. The molecule has 5 heteroatoms. The zero-order valence-electron chi connectivity index (χ0n) is 10.1. The quantitative estimate of drug-likeness (QED) is 0.649. The summed E-state index contributed by atoms with van der Waals surface area (Å²) in [5.74, 6) is -0.583. The highest BCUT2D eigenvalue weighted by Crippen LogP contribution is 2.10. The maximum Gasteiger partial charge on any atom is 0.262 e. The molecule has 0 fully saturated rings. The minimum absolute atomic E-state index is 0.203. The molecule has 96 valence electrons. The first kappa shape index (κ1) is 14.3. The smallest absolute Gasteiger partial charge is 0.262 e. The van der Waals surface area contributed by atoms with Crippen LogP contribution in [0.15, 0.2) is 30.3 Å². The van der Waals surface area contributed by atoms with Crippen molar-refractivity contribution in [2.45, 2.75) is 19.8 Å². The van der Waals surface area contributed by atoms with E-state index in [1.54, 1.807) is 30.3 Å². The fraction of sp³-hybridized carbons (Fsp3) is 0.231. The summed E-state index contributed by atoms with van der Waals surface area (Å²) in [6.45, 7) is 1.89. The molecule has 0 aromatic heterocycles. The Morgan fingerprint density at radius 3 is 2.50 bits per heavy atom. The molecular weight excluding hydrogens is 252 g/mol. The molecule has 0 atom stereocenters. The lowest BCUT2D eigenvalue weighted by molar-refractivity contribution is -0.126. The van der Waals surface area contributed by atoms with Gasteiger partial charge in [0, 0.05) is 17.5 Å². The first-order chi connectivity index (χ1) is 8.61. The van der Waals surface area contributed by atoms with Crippen molar-refractivity contribution in [2.75, 3.05) is 0 Å². The largest absolute Gasteiger partial charge is 0.273 e. The third-order valence-corrected chi connectivity index (χ3v) is 2.35. The van der Waals surface area contributed by atoms with Gasteiger partial charge < -0.3 is 0 Å². The Kier molecular flexibility index (Phi) is 5.94. The number of rotatable bonds is 4. The van der Waals surface area contributed by atoms with Gasteiger partial charge in [0.15, 0.2) is 0 Å². The third-order valence-electron chi connectivity index (χ3n) is 2.10. The molecule has 0 spiro atoms. The fourth-order valence-corrected chi connectivity index (χ4v) is 1.33. The lowest BCUT2D eigenvalue weighted by Gasteiger charge is -2.03. The highest BCUT2D eigenvalue weighted by molar-refractivity contribution is 6.30. The van der Waals surface area contributed by atoms with Gasteiger partial charge in [0.25, 0.3) is 5.91 Å². The molecule has 2 amide bonds. The Morgan fingerprint density at radius 2 is 1.89 bits per heavy atom. The predicted molar refractivity (Wildman–Crippen MR) is 71.7 cm³/mol. The van der Waals surface area contributed by atoms with Crippen LogP contribution in [0.2, 0.25) is 5.02 Å². The van der Waals surface area contributed by atoms with E-state index in [0.717, 1.165) is 12.0 Å². The SMILES string of the molecule is CCCC(=O)NNC(=O)/C=C/c1ccc(Cl)cc1. The standard InChI is InChI=1S/C13H15ClN2O2/c1-2-3-12(17)15-16-13(18)9-6-10-4-7-11(14)8-5-10/h4-9H,2-3H2,1H3,(H,15,17)(H,16,18)/b9-6+. The number of hydrogen-bond donors (Lipinski definition) is 2. The van der Waals surface area contributed by atoms with Gasteiger partial charge in [0.05, 0.1) is 0 Å². The monoisotopic (exact) mass is 266 g/mol. The first-order valence-corrected chi connectivity index (χ1v) is 6.02. The van der Waals surface area contributed by atoms with Crippen molar-refractivity contribution < 1.29 is 9.59 Å². The van der Waals surface area contributed by atoms with Gasteiger partial charge in [0.2, 0.25) is 5.91 Å². The Hall–Kier alpha value is -1.81. The zero-order valence-corrected chi connectivity index (χ0v) is 10.8. The van der Waals surface area contributed by atoms with E-state index in [-0.39, 0.29) is 11.8 Å². The van der Waals surface area contributed by atoms with Crippen LogP contribution >= 0.6 is 11.6 Å². The summed E-state index contributed by atoms with van der Waals surface area (Å²) in [7, 11) is 0. The summed E-state index contributed by atoms with van der Waals surface area (Å²) in [5.41, 5.74) is 5.47. The molecule has 4 nitrogen and oxygen atoms in total. The maximum atomic E-state index is 11.4. The summed E-state index contributed by atoms with van der Waals surface area (Å²) in [6.07, 6.45) is 4.11.